The predicted molar refractivity (Wildman–Crippen MR) is 45.0 cm³/mol. The number of ether oxygens (including phenoxy) is 1. The van der Waals surface area contributed by atoms with Crippen molar-refractivity contribution in [3.8, 4) is 0 Å². The highest BCUT2D eigenvalue weighted by Crippen LogP contribution is 2.28. The van der Waals surface area contributed by atoms with Crippen LogP contribution in [-0.4, -0.2) is 43.6 Å². The van der Waals surface area contributed by atoms with Crippen LogP contribution in [0.15, 0.2) is 0 Å². The van der Waals surface area contributed by atoms with E-state index >= 15 is 0 Å². The Morgan fingerprint density at radius 3 is 2.45 bits per heavy atom. The maximum absolute atomic E-state index is 5.67. The van der Waals surface area contributed by atoms with Crippen LogP contribution in [0.5, 0.6) is 0 Å². The van der Waals surface area contributed by atoms with Crippen molar-refractivity contribution in [3.05, 3.63) is 0 Å². The van der Waals surface area contributed by atoms with Crippen molar-refractivity contribution in [2.45, 2.75) is 0 Å². The summed E-state index contributed by atoms with van der Waals surface area (Å²) in [7, 11) is 0. The Labute approximate surface area is 72.5 Å². The van der Waals surface area contributed by atoms with E-state index in [0.29, 0.717) is 0 Å². The molecule has 1 unspecified atom stereocenters. The molecular weight excluding hydrogens is 162 g/mol. The lowest BCUT2D eigenvalue weighted by molar-refractivity contribution is 0.156. The third-order valence-corrected chi connectivity index (χ3v) is 2.89. The molecule has 0 radical (unpaired) electrons. The van der Waals surface area contributed by atoms with Gasteiger partial charge in [0.05, 0.1) is 13.2 Å². The molecule has 0 N–H and O–H groups in total. The minimum Gasteiger partial charge on any atom is -0.381 e. The molecule has 2 fully saturated rings. The van der Waals surface area contributed by atoms with Gasteiger partial charge in [0.2, 0.25) is 0 Å². The van der Waals surface area contributed by atoms with Gasteiger partial charge >= 0.3 is 0 Å². The van der Waals surface area contributed by atoms with Gasteiger partial charge in [-0.15, -0.1) is 11.6 Å². The first-order valence-corrected chi connectivity index (χ1v) is 4.79. The van der Waals surface area contributed by atoms with E-state index < -0.39 is 0 Å². The quantitative estimate of drug-likeness (QED) is 0.576. The molecule has 0 saturated carbocycles. The molecule has 11 heavy (non-hydrogen) atoms. The van der Waals surface area contributed by atoms with Crippen molar-refractivity contribution in [3.63, 3.8) is 0 Å². The molecule has 2 saturated heterocycles. The number of hydrogen-bond acceptors (Lipinski definition) is 2. The van der Waals surface area contributed by atoms with Crippen LogP contribution in [0.1, 0.15) is 0 Å². The second-order valence-corrected chi connectivity index (χ2v) is 3.88. The van der Waals surface area contributed by atoms with Crippen molar-refractivity contribution in [1.29, 1.82) is 0 Å². The lowest BCUT2D eigenvalue weighted by Crippen LogP contribution is -2.24. The minimum absolute atomic E-state index is 0.764. The lowest BCUT2D eigenvalue weighted by Gasteiger charge is -2.13. The molecule has 0 amide bonds. The van der Waals surface area contributed by atoms with Crippen LogP contribution in [0.3, 0.4) is 0 Å². The Morgan fingerprint density at radius 1 is 1.27 bits per heavy atom. The van der Waals surface area contributed by atoms with E-state index in [-0.39, 0.29) is 0 Å². The van der Waals surface area contributed by atoms with Crippen LogP contribution in [-0.2, 0) is 4.74 Å². The lowest BCUT2D eigenvalue weighted by atomic mass is 10.0. The number of alkyl halides is 1. The van der Waals surface area contributed by atoms with Crippen LogP contribution >= 0.6 is 11.6 Å². The summed E-state index contributed by atoms with van der Waals surface area (Å²) in [6, 6.07) is 0. The fourth-order valence-electron chi connectivity index (χ4n) is 2.09. The zero-order valence-electron chi connectivity index (χ0n) is 6.63. The molecule has 2 aliphatic heterocycles. The van der Waals surface area contributed by atoms with Gasteiger partial charge in [-0.1, -0.05) is 0 Å². The SMILES string of the molecule is ClCCN1CC2COC[C@H]2C1. The van der Waals surface area contributed by atoms with Gasteiger partial charge in [-0.25, -0.2) is 0 Å². The Hall–Kier alpha value is 0.210. The third-order valence-electron chi connectivity index (χ3n) is 2.72. The zero-order valence-corrected chi connectivity index (χ0v) is 7.39. The minimum atomic E-state index is 0.764. The first-order valence-electron chi connectivity index (χ1n) is 4.26. The summed E-state index contributed by atoms with van der Waals surface area (Å²) in [6.07, 6.45) is 0. The maximum Gasteiger partial charge on any atom is 0.0510 e. The van der Waals surface area contributed by atoms with Gasteiger partial charge in [0.25, 0.3) is 0 Å². The first kappa shape index (κ1) is 7.84. The monoisotopic (exact) mass is 175 g/mol. The van der Waals surface area contributed by atoms with Crippen LogP contribution < -0.4 is 0 Å². The molecule has 0 aromatic carbocycles. The van der Waals surface area contributed by atoms with Crippen molar-refractivity contribution >= 4 is 11.6 Å². The summed E-state index contributed by atoms with van der Waals surface area (Å²) in [5.41, 5.74) is 0. The van der Waals surface area contributed by atoms with Gasteiger partial charge in [0.1, 0.15) is 0 Å². The van der Waals surface area contributed by atoms with E-state index in [9.17, 15) is 0 Å². The molecule has 2 aliphatic rings. The predicted octanol–water partition coefficient (Wildman–Crippen LogP) is 0.803. The smallest absolute Gasteiger partial charge is 0.0510 e. The van der Waals surface area contributed by atoms with Gasteiger partial charge in [-0.3, -0.25) is 0 Å². The highest BCUT2D eigenvalue weighted by molar-refractivity contribution is 6.18. The second-order valence-electron chi connectivity index (χ2n) is 3.51. The van der Waals surface area contributed by atoms with E-state index in [0.717, 1.165) is 37.5 Å². The topological polar surface area (TPSA) is 12.5 Å². The zero-order chi connectivity index (χ0) is 7.68. The van der Waals surface area contributed by atoms with Crippen molar-refractivity contribution in [1.82, 2.24) is 4.90 Å². The van der Waals surface area contributed by atoms with Gasteiger partial charge in [0, 0.05) is 37.4 Å². The van der Waals surface area contributed by atoms with Crippen LogP contribution in [0, 0.1) is 11.8 Å². The number of hydrogen-bond donors (Lipinski definition) is 0. The molecule has 2 nitrogen and oxygen atoms in total. The van der Waals surface area contributed by atoms with Crippen molar-refractivity contribution in [2.75, 3.05) is 38.7 Å². The second kappa shape index (κ2) is 3.30. The largest absolute Gasteiger partial charge is 0.381 e. The van der Waals surface area contributed by atoms with Crippen molar-refractivity contribution < 1.29 is 4.74 Å². The van der Waals surface area contributed by atoms with Crippen molar-refractivity contribution in [2.24, 2.45) is 11.8 Å². The molecule has 3 heteroatoms. The molecule has 0 spiro atoms. The molecular formula is C8H14ClNO. The highest BCUT2D eigenvalue weighted by atomic mass is 35.5. The van der Waals surface area contributed by atoms with Crippen LogP contribution in [0.25, 0.3) is 0 Å². The molecule has 0 aliphatic carbocycles. The van der Waals surface area contributed by atoms with E-state index in [1.54, 1.807) is 0 Å². The Morgan fingerprint density at radius 2 is 1.91 bits per heavy atom. The summed E-state index contributed by atoms with van der Waals surface area (Å²) >= 11 is 5.67. The summed E-state index contributed by atoms with van der Waals surface area (Å²) in [5.74, 6) is 2.37. The van der Waals surface area contributed by atoms with Gasteiger partial charge in [0.15, 0.2) is 0 Å². The summed E-state index contributed by atoms with van der Waals surface area (Å²) in [6.45, 7) is 5.41. The summed E-state index contributed by atoms with van der Waals surface area (Å²) in [5, 5.41) is 0. The molecule has 2 heterocycles. The molecule has 0 bridgehead atoms. The number of nitrogens with zero attached hydrogens (tertiary/aromatic N) is 1. The maximum atomic E-state index is 5.67. The van der Waals surface area contributed by atoms with E-state index in [4.69, 9.17) is 16.3 Å². The average molecular weight is 176 g/mol. The Balaban J connectivity index is 1.84. The summed E-state index contributed by atoms with van der Waals surface area (Å²) in [4.78, 5) is 2.45. The fourth-order valence-corrected chi connectivity index (χ4v) is 2.33. The molecule has 64 valence electrons. The standard InChI is InChI=1S/C8H14ClNO/c9-1-2-10-3-7-5-11-6-8(7)4-10/h7-8H,1-6H2/t7-,8?/m1/s1. The van der Waals surface area contributed by atoms with Crippen LogP contribution in [0.4, 0.5) is 0 Å². The average Bonchev–Trinajstić information content (AvgIpc) is 2.46. The van der Waals surface area contributed by atoms with Gasteiger partial charge in [-0.2, -0.15) is 0 Å². The Kier molecular flexibility index (Phi) is 2.35. The van der Waals surface area contributed by atoms with E-state index in [1.165, 1.54) is 13.1 Å². The Bertz CT molecular complexity index is 130. The number of likely N-dealkylation sites (tertiary alicyclic amines) is 1. The fraction of sp³-hybridized carbons (Fsp3) is 1.00. The normalized spacial score (nSPS) is 37.9. The first-order chi connectivity index (χ1) is 5.40. The number of rotatable bonds is 2. The highest BCUT2D eigenvalue weighted by Gasteiger charge is 2.36. The van der Waals surface area contributed by atoms with E-state index in [2.05, 4.69) is 4.90 Å². The van der Waals surface area contributed by atoms with Gasteiger partial charge < -0.3 is 9.64 Å². The summed E-state index contributed by atoms with van der Waals surface area (Å²) < 4.78 is 5.38. The molecule has 2 atom stereocenters. The number of halogens is 1. The van der Waals surface area contributed by atoms with Gasteiger partial charge in [-0.05, 0) is 0 Å². The molecule has 0 aromatic rings. The molecule has 2 rings (SSSR count). The van der Waals surface area contributed by atoms with E-state index in [1.807, 2.05) is 0 Å². The molecule has 0 aromatic heterocycles. The van der Waals surface area contributed by atoms with Crippen LogP contribution in [0.2, 0.25) is 0 Å². The number of fused-ring (bicyclic) bond motifs is 1. The third kappa shape index (κ3) is 1.53.